The molecule has 128 valence electrons. The Morgan fingerprint density at radius 3 is 2.62 bits per heavy atom. The molecular formula is C19H22ClNO2S. The minimum Gasteiger partial charge on any atom is -0.381 e. The van der Waals surface area contributed by atoms with E-state index in [2.05, 4.69) is 22.4 Å². The molecule has 0 atom stereocenters. The van der Waals surface area contributed by atoms with Crippen molar-refractivity contribution in [3.63, 3.8) is 0 Å². The van der Waals surface area contributed by atoms with Crippen molar-refractivity contribution in [2.75, 3.05) is 19.8 Å². The SMILES string of the molecule is O=C(Cc1ccc(Cl)cc1)N(CCc1cccs1)C1CCOCC1. The van der Waals surface area contributed by atoms with Gasteiger partial charge in [0.25, 0.3) is 0 Å². The molecule has 1 amide bonds. The van der Waals surface area contributed by atoms with Crippen molar-refractivity contribution in [3.8, 4) is 0 Å². The van der Waals surface area contributed by atoms with Crippen molar-refractivity contribution in [2.24, 2.45) is 0 Å². The molecule has 2 heterocycles. The van der Waals surface area contributed by atoms with Gasteiger partial charge in [-0.15, -0.1) is 11.3 Å². The van der Waals surface area contributed by atoms with Crippen LogP contribution in [-0.2, 0) is 22.4 Å². The van der Waals surface area contributed by atoms with Gasteiger partial charge in [-0.2, -0.15) is 0 Å². The fraction of sp³-hybridized carbons (Fsp3) is 0.421. The summed E-state index contributed by atoms with van der Waals surface area (Å²) in [4.78, 5) is 16.3. The average molecular weight is 364 g/mol. The third-order valence-electron chi connectivity index (χ3n) is 4.40. The first-order valence-corrected chi connectivity index (χ1v) is 9.62. The normalized spacial score (nSPS) is 15.4. The Balaban J connectivity index is 1.67. The molecule has 0 N–H and O–H groups in total. The summed E-state index contributed by atoms with van der Waals surface area (Å²) in [6.07, 6.45) is 3.20. The molecule has 24 heavy (non-hydrogen) atoms. The Morgan fingerprint density at radius 2 is 1.96 bits per heavy atom. The molecule has 1 fully saturated rings. The smallest absolute Gasteiger partial charge is 0.227 e. The lowest BCUT2D eigenvalue weighted by atomic mass is 10.0. The van der Waals surface area contributed by atoms with Gasteiger partial charge in [0.15, 0.2) is 0 Å². The minimum atomic E-state index is 0.195. The predicted octanol–water partition coefficient (Wildman–Crippen LogP) is 4.19. The Kier molecular flexibility index (Phi) is 6.30. The fourth-order valence-electron chi connectivity index (χ4n) is 3.07. The van der Waals surface area contributed by atoms with Crippen molar-refractivity contribution >= 4 is 28.8 Å². The van der Waals surface area contributed by atoms with Crippen LogP contribution in [0.5, 0.6) is 0 Å². The van der Waals surface area contributed by atoms with Crippen molar-refractivity contribution < 1.29 is 9.53 Å². The molecule has 3 nitrogen and oxygen atoms in total. The number of ether oxygens (including phenoxy) is 1. The molecule has 1 aliphatic heterocycles. The molecule has 1 aliphatic rings. The number of halogens is 1. The topological polar surface area (TPSA) is 29.5 Å². The maximum atomic E-state index is 12.9. The molecule has 2 aromatic rings. The number of rotatable bonds is 6. The summed E-state index contributed by atoms with van der Waals surface area (Å²) in [6.45, 7) is 2.26. The van der Waals surface area contributed by atoms with Crippen LogP contribution in [-0.4, -0.2) is 36.6 Å². The number of carbonyl (C=O) groups is 1. The van der Waals surface area contributed by atoms with Gasteiger partial charge in [-0.3, -0.25) is 4.79 Å². The van der Waals surface area contributed by atoms with Crippen LogP contribution in [0.2, 0.25) is 5.02 Å². The van der Waals surface area contributed by atoms with Crippen LogP contribution >= 0.6 is 22.9 Å². The van der Waals surface area contributed by atoms with Gasteiger partial charge in [0.05, 0.1) is 6.42 Å². The van der Waals surface area contributed by atoms with E-state index >= 15 is 0 Å². The first kappa shape index (κ1) is 17.5. The molecule has 1 aromatic carbocycles. The van der Waals surface area contributed by atoms with Crippen LogP contribution in [0.15, 0.2) is 41.8 Å². The zero-order chi connectivity index (χ0) is 16.8. The van der Waals surface area contributed by atoms with Gasteiger partial charge in [0, 0.05) is 35.7 Å². The molecule has 5 heteroatoms. The number of hydrogen-bond donors (Lipinski definition) is 0. The lowest BCUT2D eigenvalue weighted by molar-refractivity contribution is -0.134. The fourth-order valence-corrected chi connectivity index (χ4v) is 3.90. The van der Waals surface area contributed by atoms with E-state index in [-0.39, 0.29) is 5.91 Å². The molecule has 0 bridgehead atoms. The van der Waals surface area contributed by atoms with Gasteiger partial charge in [-0.25, -0.2) is 0 Å². The lowest BCUT2D eigenvalue weighted by Gasteiger charge is -2.34. The van der Waals surface area contributed by atoms with E-state index in [9.17, 15) is 4.79 Å². The molecule has 0 spiro atoms. The summed E-state index contributed by atoms with van der Waals surface area (Å²) in [5.74, 6) is 0.195. The highest BCUT2D eigenvalue weighted by molar-refractivity contribution is 7.09. The average Bonchev–Trinajstić information content (AvgIpc) is 3.12. The van der Waals surface area contributed by atoms with Crippen molar-refractivity contribution in [1.82, 2.24) is 4.90 Å². The monoisotopic (exact) mass is 363 g/mol. The lowest BCUT2D eigenvalue weighted by Crippen LogP contribution is -2.45. The first-order valence-electron chi connectivity index (χ1n) is 8.36. The van der Waals surface area contributed by atoms with Gasteiger partial charge < -0.3 is 9.64 Å². The van der Waals surface area contributed by atoms with E-state index in [1.807, 2.05) is 24.3 Å². The molecular weight excluding hydrogens is 342 g/mol. The van der Waals surface area contributed by atoms with Crippen molar-refractivity contribution in [1.29, 1.82) is 0 Å². The van der Waals surface area contributed by atoms with E-state index in [1.54, 1.807) is 11.3 Å². The molecule has 0 unspecified atom stereocenters. The third-order valence-corrected chi connectivity index (χ3v) is 5.59. The second kappa shape index (κ2) is 8.65. The van der Waals surface area contributed by atoms with Crippen molar-refractivity contribution in [2.45, 2.75) is 31.7 Å². The second-order valence-electron chi connectivity index (χ2n) is 6.06. The Morgan fingerprint density at radius 1 is 1.21 bits per heavy atom. The second-order valence-corrected chi connectivity index (χ2v) is 7.53. The first-order chi connectivity index (χ1) is 11.7. The summed E-state index contributed by atoms with van der Waals surface area (Å²) in [7, 11) is 0. The summed E-state index contributed by atoms with van der Waals surface area (Å²) in [6, 6.07) is 12.0. The summed E-state index contributed by atoms with van der Waals surface area (Å²) >= 11 is 7.68. The Labute approximate surface area is 152 Å². The quantitative estimate of drug-likeness (QED) is 0.770. The van der Waals surface area contributed by atoms with Crippen LogP contribution in [0.25, 0.3) is 0 Å². The Hall–Kier alpha value is -1.36. The number of amides is 1. The van der Waals surface area contributed by atoms with Gasteiger partial charge in [0.2, 0.25) is 5.91 Å². The number of thiophene rings is 1. The highest BCUT2D eigenvalue weighted by atomic mass is 35.5. The summed E-state index contributed by atoms with van der Waals surface area (Å²) in [5.41, 5.74) is 1.01. The standard InChI is InChI=1S/C19H22ClNO2S/c20-16-5-3-15(4-6-16)14-19(22)21(17-8-11-23-12-9-17)10-7-18-2-1-13-24-18/h1-6,13,17H,7-12,14H2. The minimum absolute atomic E-state index is 0.195. The highest BCUT2D eigenvalue weighted by Crippen LogP contribution is 2.19. The maximum absolute atomic E-state index is 12.9. The predicted molar refractivity (Wildman–Crippen MR) is 98.7 cm³/mol. The van der Waals surface area contributed by atoms with Gasteiger partial charge >= 0.3 is 0 Å². The number of nitrogens with zero attached hydrogens (tertiary/aromatic N) is 1. The number of benzene rings is 1. The van der Waals surface area contributed by atoms with E-state index in [0.29, 0.717) is 17.5 Å². The summed E-state index contributed by atoms with van der Waals surface area (Å²) < 4.78 is 5.46. The highest BCUT2D eigenvalue weighted by Gasteiger charge is 2.25. The van der Waals surface area contributed by atoms with Crippen LogP contribution in [0.4, 0.5) is 0 Å². The van der Waals surface area contributed by atoms with Crippen LogP contribution in [0.3, 0.4) is 0 Å². The van der Waals surface area contributed by atoms with E-state index in [0.717, 1.165) is 44.6 Å². The van der Waals surface area contributed by atoms with Gasteiger partial charge in [-0.1, -0.05) is 29.8 Å². The zero-order valence-electron chi connectivity index (χ0n) is 13.6. The number of hydrogen-bond acceptors (Lipinski definition) is 3. The molecule has 0 radical (unpaired) electrons. The van der Waals surface area contributed by atoms with E-state index < -0.39 is 0 Å². The van der Waals surface area contributed by atoms with Crippen LogP contribution in [0, 0.1) is 0 Å². The number of carbonyl (C=O) groups excluding carboxylic acids is 1. The molecule has 0 aliphatic carbocycles. The van der Waals surface area contributed by atoms with Crippen molar-refractivity contribution in [3.05, 3.63) is 57.2 Å². The summed E-state index contributed by atoms with van der Waals surface area (Å²) in [5, 5.41) is 2.79. The van der Waals surface area contributed by atoms with E-state index in [1.165, 1.54) is 4.88 Å². The molecule has 3 rings (SSSR count). The maximum Gasteiger partial charge on any atom is 0.227 e. The molecule has 1 aromatic heterocycles. The van der Waals surface area contributed by atoms with Crippen LogP contribution < -0.4 is 0 Å². The molecule has 0 saturated carbocycles. The third kappa shape index (κ3) is 4.82. The Bertz CT molecular complexity index is 636. The molecule has 1 saturated heterocycles. The zero-order valence-corrected chi connectivity index (χ0v) is 15.2. The largest absolute Gasteiger partial charge is 0.381 e. The van der Waals surface area contributed by atoms with E-state index in [4.69, 9.17) is 16.3 Å². The van der Waals surface area contributed by atoms with Gasteiger partial charge in [-0.05, 0) is 48.4 Å². The van der Waals surface area contributed by atoms with Gasteiger partial charge in [0.1, 0.15) is 0 Å². The van der Waals surface area contributed by atoms with Crippen LogP contribution in [0.1, 0.15) is 23.3 Å².